The molecule has 69 heavy (non-hydrogen) atoms. The van der Waals surface area contributed by atoms with Crippen LogP contribution in [-0.2, 0) is 0 Å². The van der Waals surface area contributed by atoms with Crippen LogP contribution < -0.4 is 20.7 Å². The molecule has 0 amide bonds. The average molecular weight is 898 g/mol. The summed E-state index contributed by atoms with van der Waals surface area (Å²) in [6.45, 7) is 0. The summed E-state index contributed by atoms with van der Waals surface area (Å²) in [6.07, 6.45) is 0. The van der Waals surface area contributed by atoms with Gasteiger partial charge in [0.25, 0.3) is 0 Å². The normalized spacial score (nSPS) is 11.8. The Morgan fingerprint density at radius 1 is 0.275 bits per heavy atom. The number of aromatic nitrogens is 5. The summed E-state index contributed by atoms with van der Waals surface area (Å²) in [5.41, 5.74) is 9.49. The molecule has 0 unspecified atom stereocenters. The number of hydrogen-bond donors (Lipinski definition) is 0. The molecule has 0 bridgehead atoms. The number of fused-ring (bicyclic) bond motifs is 6. The van der Waals surface area contributed by atoms with Crippen molar-refractivity contribution in [1.82, 2.24) is 24.1 Å². The fourth-order valence-corrected chi connectivity index (χ4v) is 15.5. The van der Waals surface area contributed by atoms with Crippen molar-refractivity contribution in [3.05, 3.63) is 261 Å². The van der Waals surface area contributed by atoms with E-state index in [2.05, 4.69) is 270 Å². The van der Waals surface area contributed by atoms with Crippen LogP contribution in [0.1, 0.15) is 0 Å². The van der Waals surface area contributed by atoms with E-state index in [1.54, 1.807) is 0 Å². The Kier molecular flexibility index (Phi) is 9.77. The van der Waals surface area contributed by atoms with Crippen molar-refractivity contribution < 1.29 is 0 Å². The van der Waals surface area contributed by atoms with Gasteiger partial charge in [-0.3, -0.25) is 4.57 Å². The van der Waals surface area contributed by atoms with E-state index >= 15 is 0 Å². The minimum absolute atomic E-state index is 0.556. The Morgan fingerprint density at radius 3 is 1.22 bits per heavy atom. The van der Waals surface area contributed by atoms with Gasteiger partial charge in [-0.1, -0.05) is 224 Å². The summed E-state index contributed by atoms with van der Waals surface area (Å²) in [7, 11) is -3.02. The van der Waals surface area contributed by atoms with Crippen molar-refractivity contribution in [3.8, 4) is 45.5 Å². The molecule has 0 saturated carbocycles. The van der Waals surface area contributed by atoms with Crippen molar-refractivity contribution in [1.29, 1.82) is 0 Å². The van der Waals surface area contributed by atoms with Gasteiger partial charge in [-0.05, 0) is 68.3 Å². The predicted octanol–water partition coefficient (Wildman–Crippen LogP) is 12.4. The molecule has 10 aromatic carbocycles. The Bertz CT molecular complexity index is 3880. The molecule has 0 fully saturated rings. The molecule has 0 N–H and O–H groups in total. The first-order valence-electron chi connectivity index (χ1n) is 23.4. The van der Waals surface area contributed by atoms with Crippen LogP contribution in [0, 0.1) is 0 Å². The molecule has 3 aromatic heterocycles. The lowest BCUT2D eigenvalue weighted by molar-refractivity contribution is 0.952. The third-order valence-corrected chi connectivity index (χ3v) is 18.5. The van der Waals surface area contributed by atoms with Gasteiger partial charge in [0.15, 0.2) is 19.7 Å². The first-order valence-corrected chi connectivity index (χ1v) is 25.4. The largest absolute Gasteiger partial charge is 0.309 e. The topological polar surface area (TPSA) is 48.5 Å². The van der Waals surface area contributed by atoms with Gasteiger partial charge in [0.1, 0.15) is 0 Å². The molecule has 0 radical (unpaired) electrons. The molecule has 0 aliphatic carbocycles. The first kappa shape index (κ1) is 40.3. The number of rotatable bonds is 9. The summed E-state index contributed by atoms with van der Waals surface area (Å²) >= 11 is 0. The van der Waals surface area contributed by atoms with Crippen molar-refractivity contribution in [3.63, 3.8) is 0 Å². The van der Waals surface area contributed by atoms with E-state index < -0.39 is 8.07 Å². The molecular weight excluding hydrogens is 855 g/mol. The van der Waals surface area contributed by atoms with Crippen molar-refractivity contribution in [2.75, 3.05) is 0 Å². The Hall–Kier alpha value is -8.97. The summed E-state index contributed by atoms with van der Waals surface area (Å²) in [6, 6.07) is 93.9. The zero-order valence-corrected chi connectivity index (χ0v) is 38.6. The number of para-hydroxylation sites is 5. The summed E-state index contributed by atoms with van der Waals surface area (Å²) in [4.78, 5) is 16.5. The second-order valence-electron chi connectivity index (χ2n) is 17.5. The van der Waals surface area contributed by atoms with Gasteiger partial charge in [-0.15, -0.1) is 0 Å². The summed E-state index contributed by atoms with van der Waals surface area (Å²) in [5, 5.41) is 9.78. The van der Waals surface area contributed by atoms with Crippen LogP contribution in [0.3, 0.4) is 0 Å². The van der Waals surface area contributed by atoms with Crippen LogP contribution in [0.25, 0.3) is 89.2 Å². The number of nitrogens with zero attached hydrogens (tertiary/aromatic N) is 5. The molecule has 13 rings (SSSR count). The van der Waals surface area contributed by atoms with Gasteiger partial charge < -0.3 is 4.57 Å². The minimum atomic E-state index is -3.02. The maximum absolute atomic E-state index is 5.54. The smallest absolute Gasteiger partial charge is 0.238 e. The highest BCUT2D eigenvalue weighted by atomic mass is 28.3. The van der Waals surface area contributed by atoms with Crippen LogP contribution in [0.5, 0.6) is 0 Å². The maximum atomic E-state index is 5.54. The Morgan fingerprint density at radius 2 is 0.667 bits per heavy atom. The minimum Gasteiger partial charge on any atom is -0.309 e. The van der Waals surface area contributed by atoms with E-state index in [0.29, 0.717) is 17.6 Å². The molecule has 3 heterocycles. The van der Waals surface area contributed by atoms with Gasteiger partial charge in [0.05, 0.1) is 27.8 Å². The van der Waals surface area contributed by atoms with Crippen LogP contribution in [0.2, 0.25) is 0 Å². The van der Waals surface area contributed by atoms with Crippen molar-refractivity contribution in [2.45, 2.75) is 0 Å². The highest BCUT2D eigenvalue weighted by Crippen LogP contribution is 2.37. The van der Waals surface area contributed by atoms with Gasteiger partial charge >= 0.3 is 0 Å². The quantitative estimate of drug-likeness (QED) is 0.107. The zero-order chi connectivity index (χ0) is 45.7. The predicted molar refractivity (Wildman–Crippen MR) is 288 cm³/mol. The fraction of sp³-hybridized carbons (Fsp3) is 0. The highest BCUT2D eigenvalue weighted by Gasteiger charge is 2.42. The molecule has 0 spiro atoms. The molecule has 0 aliphatic heterocycles. The van der Waals surface area contributed by atoms with Crippen LogP contribution in [0.15, 0.2) is 261 Å². The van der Waals surface area contributed by atoms with E-state index in [1.165, 1.54) is 42.6 Å². The number of hydrogen-bond acceptors (Lipinski definition) is 3. The fourth-order valence-electron chi connectivity index (χ4n) is 10.7. The second kappa shape index (κ2) is 16.7. The van der Waals surface area contributed by atoms with E-state index in [-0.39, 0.29) is 0 Å². The lowest BCUT2D eigenvalue weighted by atomic mass is 10.1. The SMILES string of the molecule is c1ccc(-c2cccc([Si](c3ccccc3)(c3ccccc3)c3cccc(-c4nc(-c5ccccc5-n5c6ccccc6c6ccccc65)nc(-n5c6ccccc6c6ccccc65)n4)c3)c2)cc1. The zero-order valence-electron chi connectivity index (χ0n) is 37.6. The Labute approximate surface area is 400 Å². The van der Waals surface area contributed by atoms with Crippen LogP contribution in [0.4, 0.5) is 0 Å². The highest BCUT2D eigenvalue weighted by molar-refractivity contribution is 7.20. The third-order valence-electron chi connectivity index (χ3n) is 13.7. The summed E-state index contributed by atoms with van der Waals surface area (Å²) in [5.74, 6) is 1.74. The lowest BCUT2D eigenvalue weighted by Crippen LogP contribution is -2.74. The molecule has 0 saturated heterocycles. The molecule has 324 valence electrons. The van der Waals surface area contributed by atoms with Gasteiger partial charge in [-0.25, -0.2) is 4.98 Å². The molecule has 0 atom stereocenters. The summed E-state index contributed by atoms with van der Waals surface area (Å²) < 4.78 is 4.56. The molecule has 0 aliphatic rings. The monoisotopic (exact) mass is 897 g/mol. The lowest BCUT2D eigenvalue weighted by Gasteiger charge is -2.35. The molecular formula is C63H43N5Si. The van der Waals surface area contributed by atoms with Crippen molar-refractivity contribution >= 4 is 72.4 Å². The molecule has 6 heteroatoms. The standard InChI is InChI=1S/C63H43N5Si/c1-4-22-44(23-5-1)45-24-20-30-49(42-45)69(47-26-6-2-7-27-47,48-28-8-3-9-29-48)50-31-21-25-46(43-50)61-64-62(66-63(65-61)68-58-39-17-12-34-53(58)54-35-13-18-40-59(54)68)55-36-14-19-41-60(55)67-56-37-15-10-32-51(56)52-33-11-16-38-57(52)67/h1-43H. The van der Waals surface area contributed by atoms with E-state index in [4.69, 9.17) is 15.0 Å². The van der Waals surface area contributed by atoms with Gasteiger partial charge in [-0.2, -0.15) is 9.97 Å². The van der Waals surface area contributed by atoms with E-state index in [9.17, 15) is 0 Å². The second-order valence-corrected chi connectivity index (χ2v) is 21.4. The maximum Gasteiger partial charge on any atom is 0.238 e. The third kappa shape index (κ3) is 6.64. The number of benzene rings is 10. The van der Waals surface area contributed by atoms with Crippen LogP contribution >= 0.6 is 0 Å². The van der Waals surface area contributed by atoms with E-state index in [0.717, 1.165) is 49.7 Å². The molecule has 5 nitrogen and oxygen atoms in total. The average Bonchev–Trinajstić information content (AvgIpc) is 3.95. The van der Waals surface area contributed by atoms with Crippen molar-refractivity contribution in [2.24, 2.45) is 0 Å². The Balaban J connectivity index is 1.09. The first-order chi connectivity index (χ1) is 34.2. The van der Waals surface area contributed by atoms with Gasteiger partial charge in [0.2, 0.25) is 5.95 Å². The molecule has 13 aromatic rings. The van der Waals surface area contributed by atoms with Gasteiger partial charge in [0, 0.05) is 32.7 Å². The van der Waals surface area contributed by atoms with Crippen LogP contribution in [-0.4, -0.2) is 32.2 Å². The van der Waals surface area contributed by atoms with E-state index in [1.807, 2.05) is 0 Å².